The molecule has 1 aromatic carbocycles. The first-order valence-corrected chi connectivity index (χ1v) is 6.87. The monoisotopic (exact) mass is 315 g/mol. The van der Waals surface area contributed by atoms with E-state index in [0.717, 1.165) is 26.9 Å². The second-order valence-corrected chi connectivity index (χ2v) is 5.55. The molecule has 0 amide bonds. The van der Waals surface area contributed by atoms with Gasteiger partial charge in [-0.3, -0.25) is 4.40 Å². The minimum atomic E-state index is 0.675. The number of rotatable bonds is 1. The molecule has 19 heavy (non-hydrogen) atoms. The summed E-state index contributed by atoms with van der Waals surface area (Å²) in [6.45, 7) is 4.10. The van der Waals surface area contributed by atoms with Crippen LogP contribution in [0.2, 0.25) is 0 Å². The predicted molar refractivity (Wildman–Crippen MR) is 82.2 cm³/mol. The Bertz CT molecular complexity index is 774. The largest absolute Gasteiger partial charge is 0.383 e. The van der Waals surface area contributed by atoms with Crippen LogP contribution < -0.4 is 5.73 Å². The Morgan fingerprint density at radius 1 is 1.16 bits per heavy atom. The Morgan fingerprint density at radius 2 is 1.95 bits per heavy atom. The molecular weight excluding hydrogens is 302 g/mol. The average molecular weight is 316 g/mol. The van der Waals surface area contributed by atoms with Crippen molar-refractivity contribution in [1.82, 2.24) is 9.38 Å². The Morgan fingerprint density at radius 3 is 2.63 bits per heavy atom. The van der Waals surface area contributed by atoms with Crippen LogP contribution in [0.15, 0.2) is 41.0 Å². The number of aryl methyl sites for hydroxylation is 2. The van der Waals surface area contributed by atoms with E-state index in [2.05, 4.69) is 40.0 Å². The van der Waals surface area contributed by atoms with Gasteiger partial charge in [-0.1, -0.05) is 34.1 Å². The van der Waals surface area contributed by atoms with E-state index in [1.807, 2.05) is 35.7 Å². The van der Waals surface area contributed by atoms with Crippen LogP contribution in [0.3, 0.4) is 0 Å². The van der Waals surface area contributed by atoms with E-state index < -0.39 is 0 Å². The van der Waals surface area contributed by atoms with Gasteiger partial charge in [-0.05, 0) is 37.1 Å². The summed E-state index contributed by atoms with van der Waals surface area (Å²) in [5.41, 5.74) is 11.3. The number of pyridine rings is 1. The second kappa shape index (κ2) is 4.38. The zero-order valence-electron chi connectivity index (χ0n) is 10.8. The quantitative estimate of drug-likeness (QED) is 0.738. The normalized spacial score (nSPS) is 11.1. The van der Waals surface area contributed by atoms with Crippen LogP contribution in [0.1, 0.15) is 11.1 Å². The molecule has 4 heteroatoms. The Kier molecular flexibility index (Phi) is 2.82. The zero-order chi connectivity index (χ0) is 13.6. The fourth-order valence-electron chi connectivity index (χ4n) is 2.17. The average Bonchev–Trinajstić information content (AvgIpc) is 2.72. The van der Waals surface area contributed by atoms with Gasteiger partial charge in [0.25, 0.3) is 0 Å². The highest BCUT2D eigenvalue weighted by molar-refractivity contribution is 9.10. The summed E-state index contributed by atoms with van der Waals surface area (Å²) < 4.78 is 3.00. The zero-order valence-corrected chi connectivity index (χ0v) is 12.4. The highest BCUT2D eigenvalue weighted by atomic mass is 79.9. The molecule has 0 radical (unpaired) electrons. The van der Waals surface area contributed by atoms with Crippen molar-refractivity contribution in [2.45, 2.75) is 13.8 Å². The third kappa shape index (κ3) is 1.92. The molecule has 0 saturated carbocycles. The predicted octanol–water partition coefficient (Wildman–Crippen LogP) is 3.96. The van der Waals surface area contributed by atoms with Crippen LogP contribution in [0.25, 0.3) is 16.9 Å². The van der Waals surface area contributed by atoms with E-state index in [-0.39, 0.29) is 0 Å². The summed E-state index contributed by atoms with van der Waals surface area (Å²) in [6.07, 6.45) is 1.94. The van der Waals surface area contributed by atoms with E-state index >= 15 is 0 Å². The molecule has 0 aliphatic rings. The molecule has 2 heterocycles. The van der Waals surface area contributed by atoms with Crippen molar-refractivity contribution in [1.29, 1.82) is 0 Å². The molecule has 3 rings (SSSR count). The highest BCUT2D eigenvalue weighted by Crippen LogP contribution is 2.30. The van der Waals surface area contributed by atoms with Gasteiger partial charge >= 0.3 is 0 Å². The minimum absolute atomic E-state index is 0.675. The van der Waals surface area contributed by atoms with Crippen LogP contribution in [-0.4, -0.2) is 9.38 Å². The maximum Gasteiger partial charge on any atom is 0.142 e. The molecule has 0 bridgehead atoms. The first kappa shape index (κ1) is 12.2. The summed E-state index contributed by atoms with van der Waals surface area (Å²) in [6, 6.07) is 10.2. The fraction of sp³-hybridized carbons (Fsp3) is 0.133. The molecule has 2 N–H and O–H groups in total. The number of benzene rings is 1. The molecule has 0 aliphatic heterocycles. The number of fused-ring (bicyclic) bond motifs is 1. The first-order valence-electron chi connectivity index (χ1n) is 6.07. The van der Waals surface area contributed by atoms with Crippen molar-refractivity contribution < 1.29 is 0 Å². The van der Waals surface area contributed by atoms with Gasteiger partial charge in [-0.25, -0.2) is 4.98 Å². The topological polar surface area (TPSA) is 43.3 Å². The third-order valence-electron chi connectivity index (χ3n) is 3.33. The molecule has 0 atom stereocenters. The van der Waals surface area contributed by atoms with Crippen molar-refractivity contribution in [3.8, 4) is 11.3 Å². The lowest BCUT2D eigenvalue weighted by molar-refractivity contribution is 1.17. The number of anilines is 1. The molecule has 0 unspecified atom stereocenters. The molecule has 3 nitrogen and oxygen atoms in total. The van der Waals surface area contributed by atoms with E-state index in [1.165, 1.54) is 5.56 Å². The number of hydrogen-bond donors (Lipinski definition) is 1. The van der Waals surface area contributed by atoms with E-state index in [1.54, 1.807) is 0 Å². The third-order valence-corrected chi connectivity index (χ3v) is 4.18. The summed E-state index contributed by atoms with van der Waals surface area (Å²) in [5, 5.41) is 0. The van der Waals surface area contributed by atoms with Crippen LogP contribution >= 0.6 is 15.9 Å². The highest BCUT2D eigenvalue weighted by Gasteiger charge is 2.12. The fourth-order valence-corrected chi connectivity index (χ4v) is 2.55. The standard InChI is InChI=1S/C15H14BrN3/c1-9-5-6-11(8-12(9)16)13-14(17)19-7-3-4-10(2)15(19)18-13/h3-8H,17H2,1-2H3. The maximum atomic E-state index is 6.21. The maximum absolute atomic E-state index is 6.21. The number of halogens is 1. The molecule has 0 aliphatic carbocycles. The molecule has 0 fully saturated rings. The van der Waals surface area contributed by atoms with Gasteiger partial charge in [0.05, 0.1) is 0 Å². The van der Waals surface area contributed by atoms with Crippen LogP contribution in [0, 0.1) is 13.8 Å². The van der Waals surface area contributed by atoms with E-state index in [0.29, 0.717) is 5.82 Å². The second-order valence-electron chi connectivity index (χ2n) is 4.69. The van der Waals surface area contributed by atoms with Gasteiger partial charge in [-0.2, -0.15) is 0 Å². The van der Waals surface area contributed by atoms with Gasteiger partial charge in [0, 0.05) is 16.2 Å². The number of imidazole rings is 1. The summed E-state index contributed by atoms with van der Waals surface area (Å²) in [4.78, 5) is 4.67. The van der Waals surface area contributed by atoms with Crippen molar-refractivity contribution in [3.05, 3.63) is 52.1 Å². The molecule has 2 aromatic heterocycles. The summed E-state index contributed by atoms with van der Waals surface area (Å²) in [7, 11) is 0. The molecule has 96 valence electrons. The van der Waals surface area contributed by atoms with Gasteiger partial charge in [0.15, 0.2) is 0 Å². The van der Waals surface area contributed by atoms with Gasteiger partial charge in [-0.15, -0.1) is 0 Å². The lowest BCUT2D eigenvalue weighted by atomic mass is 10.1. The van der Waals surface area contributed by atoms with Gasteiger partial charge in [0.2, 0.25) is 0 Å². The number of nitrogen functional groups attached to an aromatic ring is 1. The summed E-state index contributed by atoms with van der Waals surface area (Å²) >= 11 is 3.55. The first-order chi connectivity index (χ1) is 9.08. The Balaban J connectivity index is 2.28. The SMILES string of the molecule is Cc1ccc(-c2nc3c(C)cccn3c2N)cc1Br. The van der Waals surface area contributed by atoms with Crippen LogP contribution in [-0.2, 0) is 0 Å². The summed E-state index contributed by atoms with van der Waals surface area (Å²) in [5.74, 6) is 0.675. The Hall–Kier alpha value is -1.81. The Labute approximate surface area is 120 Å². The van der Waals surface area contributed by atoms with Gasteiger partial charge < -0.3 is 5.73 Å². The van der Waals surface area contributed by atoms with E-state index in [4.69, 9.17) is 5.73 Å². The van der Waals surface area contributed by atoms with Crippen molar-refractivity contribution in [2.24, 2.45) is 0 Å². The minimum Gasteiger partial charge on any atom is -0.383 e. The van der Waals surface area contributed by atoms with Crippen molar-refractivity contribution in [3.63, 3.8) is 0 Å². The number of nitrogens with two attached hydrogens (primary N) is 1. The van der Waals surface area contributed by atoms with Crippen molar-refractivity contribution >= 4 is 27.4 Å². The van der Waals surface area contributed by atoms with E-state index in [9.17, 15) is 0 Å². The number of aromatic nitrogens is 2. The van der Waals surface area contributed by atoms with Crippen LogP contribution in [0.4, 0.5) is 5.82 Å². The van der Waals surface area contributed by atoms with Crippen molar-refractivity contribution in [2.75, 3.05) is 5.73 Å². The number of nitrogens with zero attached hydrogens (tertiary/aromatic N) is 2. The lowest BCUT2D eigenvalue weighted by Gasteiger charge is -2.02. The lowest BCUT2D eigenvalue weighted by Crippen LogP contribution is -1.94. The van der Waals surface area contributed by atoms with Gasteiger partial charge in [0.1, 0.15) is 17.2 Å². The molecule has 3 aromatic rings. The number of hydrogen-bond acceptors (Lipinski definition) is 2. The molecular formula is C15H14BrN3. The molecule has 0 saturated heterocycles. The smallest absolute Gasteiger partial charge is 0.142 e. The van der Waals surface area contributed by atoms with Crippen LogP contribution in [0.5, 0.6) is 0 Å². The molecule has 0 spiro atoms.